The van der Waals surface area contributed by atoms with E-state index in [9.17, 15) is 4.79 Å². The normalized spacial score (nSPS) is 10.9. The van der Waals surface area contributed by atoms with Crippen molar-refractivity contribution in [1.29, 1.82) is 0 Å². The van der Waals surface area contributed by atoms with Crippen LogP contribution < -0.4 is 5.32 Å². The highest BCUT2D eigenvalue weighted by Gasteiger charge is 2.16. The van der Waals surface area contributed by atoms with Crippen LogP contribution in [-0.4, -0.2) is 20.7 Å². The fourth-order valence-electron chi connectivity index (χ4n) is 3.99. The molecule has 0 aliphatic carbocycles. The van der Waals surface area contributed by atoms with E-state index in [-0.39, 0.29) is 12.3 Å². The fourth-order valence-corrected chi connectivity index (χ4v) is 3.99. The number of hydrogen-bond acceptors (Lipinski definition) is 4. The number of benzene rings is 3. The molecule has 0 fully saturated rings. The Labute approximate surface area is 204 Å². The van der Waals surface area contributed by atoms with E-state index >= 15 is 0 Å². The van der Waals surface area contributed by atoms with E-state index in [1.165, 1.54) is 5.56 Å². The lowest BCUT2D eigenvalue weighted by Crippen LogP contribution is -2.25. The standard InChI is InChI=1S/C29H26N4O2/c1-21-26(31-29(35-21)24-15-9-4-10-16-24)17-27(34)30-18-25-20-33(19-22-11-5-2-6-12-22)32-28(25)23-13-7-3-8-14-23/h2-16,20H,17-19H2,1H3,(H,30,34). The van der Waals surface area contributed by atoms with E-state index in [0.29, 0.717) is 30.4 Å². The van der Waals surface area contributed by atoms with Gasteiger partial charge in [0.2, 0.25) is 11.8 Å². The molecular weight excluding hydrogens is 436 g/mol. The second-order valence-electron chi connectivity index (χ2n) is 8.39. The molecular formula is C29H26N4O2. The molecule has 6 heteroatoms. The number of nitrogens with one attached hydrogen (secondary N) is 1. The first-order chi connectivity index (χ1) is 17.2. The zero-order valence-corrected chi connectivity index (χ0v) is 19.5. The molecule has 0 atom stereocenters. The van der Waals surface area contributed by atoms with E-state index in [1.807, 2.05) is 96.7 Å². The van der Waals surface area contributed by atoms with E-state index < -0.39 is 0 Å². The summed E-state index contributed by atoms with van der Waals surface area (Å²) in [4.78, 5) is 17.4. The zero-order valence-electron chi connectivity index (χ0n) is 19.5. The molecule has 0 unspecified atom stereocenters. The topological polar surface area (TPSA) is 73.0 Å². The Balaban J connectivity index is 1.30. The van der Waals surface area contributed by atoms with Gasteiger partial charge in [0.1, 0.15) is 5.76 Å². The van der Waals surface area contributed by atoms with Gasteiger partial charge < -0.3 is 9.73 Å². The van der Waals surface area contributed by atoms with Gasteiger partial charge in [-0.15, -0.1) is 0 Å². The Morgan fingerprint density at radius 2 is 1.51 bits per heavy atom. The molecule has 0 radical (unpaired) electrons. The van der Waals surface area contributed by atoms with Gasteiger partial charge in [0, 0.05) is 29.4 Å². The van der Waals surface area contributed by atoms with Crippen LogP contribution in [0.15, 0.2) is 102 Å². The number of rotatable bonds is 8. The van der Waals surface area contributed by atoms with Crippen LogP contribution in [0.3, 0.4) is 0 Å². The van der Waals surface area contributed by atoms with Crippen LogP contribution in [0.1, 0.15) is 22.6 Å². The Hall–Kier alpha value is -4.45. The summed E-state index contributed by atoms with van der Waals surface area (Å²) >= 11 is 0. The lowest BCUT2D eigenvalue weighted by molar-refractivity contribution is -0.120. The van der Waals surface area contributed by atoms with Gasteiger partial charge in [-0.3, -0.25) is 9.48 Å². The van der Waals surface area contributed by atoms with Gasteiger partial charge in [-0.25, -0.2) is 4.98 Å². The minimum atomic E-state index is -0.115. The smallest absolute Gasteiger partial charge is 0.226 e. The maximum atomic E-state index is 12.8. The van der Waals surface area contributed by atoms with Crippen LogP contribution in [0, 0.1) is 6.92 Å². The number of carbonyl (C=O) groups is 1. The van der Waals surface area contributed by atoms with Crippen molar-refractivity contribution >= 4 is 5.91 Å². The van der Waals surface area contributed by atoms with Gasteiger partial charge in [-0.05, 0) is 24.6 Å². The summed E-state index contributed by atoms with van der Waals surface area (Å²) in [5, 5.41) is 7.86. The molecule has 0 saturated heterocycles. The quantitative estimate of drug-likeness (QED) is 0.334. The molecule has 5 aromatic rings. The van der Waals surface area contributed by atoms with Gasteiger partial charge in [-0.1, -0.05) is 78.9 Å². The highest BCUT2D eigenvalue weighted by molar-refractivity contribution is 5.78. The number of amides is 1. The summed E-state index contributed by atoms with van der Waals surface area (Å²) in [6.07, 6.45) is 2.16. The summed E-state index contributed by atoms with van der Waals surface area (Å²) in [5.74, 6) is 1.06. The minimum Gasteiger partial charge on any atom is -0.441 e. The number of carbonyl (C=O) groups excluding carboxylic acids is 1. The van der Waals surface area contributed by atoms with Crippen LogP contribution in [0.4, 0.5) is 0 Å². The number of oxazole rings is 1. The molecule has 1 amide bonds. The number of hydrogen-bond donors (Lipinski definition) is 1. The molecule has 5 rings (SSSR count). The average molecular weight is 463 g/mol. The molecule has 3 aromatic carbocycles. The average Bonchev–Trinajstić information content (AvgIpc) is 3.47. The number of aromatic nitrogens is 3. The molecule has 35 heavy (non-hydrogen) atoms. The van der Waals surface area contributed by atoms with Crippen molar-refractivity contribution < 1.29 is 9.21 Å². The lowest BCUT2D eigenvalue weighted by atomic mass is 10.1. The SMILES string of the molecule is Cc1oc(-c2ccccc2)nc1CC(=O)NCc1cn(Cc2ccccc2)nc1-c1ccccc1. The second kappa shape index (κ2) is 10.2. The Morgan fingerprint density at radius 1 is 0.886 bits per heavy atom. The molecule has 1 N–H and O–H groups in total. The van der Waals surface area contributed by atoms with E-state index in [4.69, 9.17) is 9.52 Å². The van der Waals surface area contributed by atoms with Crippen LogP contribution in [0.25, 0.3) is 22.7 Å². The monoisotopic (exact) mass is 462 g/mol. The number of aryl methyl sites for hydroxylation is 1. The third kappa shape index (κ3) is 5.38. The molecule has 0 bridgehead atoms. The molecule has 2 aromatic heterocycles. The van der Waals surface area contributed by atoms with Gasteiger partial charge in [0.15, 0.2) is 0 Å². The first-order valence-electron chi connectivity index (χ1n) is 11.6. The van der Waals surface area contributed by atoms with Crippen LogP contribution in [0.2, 0.25) is 0 Å². The fraction of sp³-hybridized carbons (Fsp3) is 0.138. The van der Waals surface area contributed by atoms with Gasteiger partial charge in [-0.2, -0.15) is 5.10 Å². The van der Waals surface area contributed by atoms with Crippen molar-refractivity contribution in [3.8, 4) is 22.7 Å². The molecule has 174 valence electrons. The van der Waals surface area contributed by atoms with Crippen molar-refractivity contribution in [2.24, 2.45) is 0 Å². The highest BCUT2D eigenvalue weighted by Crippen LogP contribution is 2.23. The van der Waals surface area contributed by atoms with Crippen LogP contribution in [-0.2, 0) is 24.3 Å². The molecule has 0 aliphatic heterocycles. The van der Waals surface area contributed by atoms with Crippen LogP contribution in [0.5, 0.6) is 0 Å². The third-order valence-electron chi connectivity index (χ3n) is 5.79. The zero-order chi connectivity index (χ0) is 24.0. The van der Waals surface area contributed by atoms with Gasteiger partial charge >= 0.3 is 0 Å². The van der Waals surface area contributed by atoms with Crippen molar-refractivity contribution in [3.63, 3.8) is 0 Å². The molecule has 0 aliphatic rings. The largest absolute Gasteiger partial charge is 0.441 e. The van der Waals surface area contributed by atoms with E-state index in [2.05, 4.69) is 22.4 Å². The first-order valence-corrected chi connectivity index (χ1v) is 11.6. The summed E-state index contributed by atoms with van der Waals surface area (Å²) < 4.78 is 7.72. The third-order valence-corrected chi connectivity index (χ3v) is 5.79. The van der Waals surface area contributed by atoms with Gasteiger partial charge in [0.05, 0.1) is 24.4 Å². The summed E-state index contributed by atoms with van der Waals surface area (Å²) in [6.45, 7) is 2.87. The highest BCUT2D eigenvalue weighted by atomic mass is 16.4. The first kappa shape index (κ1) is 22.3. The molecule has 0 spiro atoms. The van der Waals surface area contributed by atoms with Crippen molar-refractivity contribution in [1.82, 2.24) is 20.1 Å². The van der Waals surface area contributed by atoms with Crippen molar-refractivity contribution in [2.75, 3.05) is 0 Å². The predicted molar refractivity (Wildman–Crippen MR) is 135 cm³/mol. The second-order valence-corrected chi connectivity index (χ2v) is 8.39. The lowest BCUT2D eigenvalue weighted by Gasteiger charge is -2.05. The molecule has 0 saturated carbocycles. The summed E-state index contributed by atoms with van der Waals surface area (Å²) in [7, 11) is 0. The Morgan fingerprint density at radius 3 is 2.20 bits per heavy atom. The van der Waals surface area contributed by atoms with Crippen molar-refractivity contribution in [2.45, 2.75) is 26.4 Å². The minimum absolute atomic E-state index is 0.115. The van der Waals surface area contributed by atoms with E-state index in [0.717, 1.165) is 22.4 Å². The molecule has 2 heterocycles. The van der Waals surface area contributed by atoms with Gasteiger partial charge in [0.25, 0.3) is 0 Å². The van der Waals surface area contributed by atoms with Crippen molar-refractivity contribution in [3.05, 3.63) is 120 Å². The van der Waals surface area contributed by atoms with E-state index in [1.54, 1.807) is 0 Å². The molecule has 6 nitrogen and oxygen atoms in total. The maximum Gasteiger partial charge on any atom is 0.226 e. The number of nitrogens with zero attached hydrogens (tertiary/aromatic N) is 3. The Bertz CT molecular complexity index is 1410. The summed E-state index contributed by atoms with van der Waals surface area (Å²) in [5.41, 5.74) is 5.54. The maximum absolute atomic E-state index is 12.8. The van der Waals surface area contributed by atoms with Crippen LogP contribution >= 0.6 is 0 Å². The Kier molecular flexibility index (Phi) is 6.52. The summed E-state index contributed by atoms with van der Waals surface area (Å²) in [6, 6.07) is 29.9. The predicted octanol–water partition coefficient (Wildman–Crippen LogP) is 5.42.